The Kier molecular flexibility index (Phi) is 7.05. The molecule has 0 unspecified atom stereocenters. The van der Waals surface area contributed by atoms with E-state index in [-0.39, 0.29) is 5.75 Å². The Morgan fingerprint density at radius 3 is 2.88 bits per heavy atom. The zero-order valence-electron chi connectivity index (χ0n) is 10.7. The zero-order chi connectivity index (χ0) is 12.5. The van der Waals surface area contributed by atoms with E-state index in [9.17, 15) is 5.11 Å². The normalized spacial score (nSPS) is 10.7. The van der Waals surface area contributed by atoms with Gasteiger partial charge in [-0.3, -0.25) is 4.98 Å². The lowest BCUT2D eigenvalue weighted by atomic mass is 10.2. The first-order valence-corrected chi connectivity index (χ1v) is 7.48. The summed E-state index contributed by atoms with van der Waals surface area (Å²) < 4.78 is 0. The monoisotopic (exact) mass is 254 g/mol. The minimum Gasteiger partial charge on any atom is -0.506 e. The summed E-state index contributed by atoms with van der Waals surface area (Å²) >= 11 is 1.90. The standard InChI is InChI=1S/C13H22N2OS/c1-11-6-7-13(16)12(15-11)10-14-8-4-3-5-9-17-2/h6-7,14,16H,3-5,8-10H2,1-2H3. The second kappa shape index (κ2) is 8.37. The van der Waals surface area contributed by atoms with Crippen molar-refractivity contribution in [3.63, 3.8) is 0 Å². The molecule has 0 aliphatic rings. The highest BCUT2D eigenvalue weighted by atomic mass is 32.2. The topological polar surface area (TPSA) is 45.2 Å². The Labute approximate surface area is 108 Å². The number of aromatic hydroxyl groups is 1. The van der Waals surface area contributed by atoms with Gasteiger partial charge in [-0.1, -0.05) is 6.42 Å². The lowest BCUT2D eigenvalue weighted by Crippen LogP contribution is -2.16. The smallest absolute Gasteiger partial charge is 0.138 e. The first-order chi connectivity index (χ1) is 8.24. The molecule has 0 aromatic carbocycles. The molecule has 2 N–H and O–H groups in total. The highest BCUT2D eigenvalue weighted by Gasteiger charge is 2.01. The number of thioether (sulfide) groups is 1. The van der Waals surface area contributed by atoms with Gasteiger partial charge in [-0.05, 0) is 50.5 Å². The van der Waals surface area contributed by atoms with Gasteiger partial charge >= 0.3 is 0 Å². The summed E-state index contributed by atoms with van der Waals surface area (Å²) in [5.41, 5.74) is 1.69. The predicted octanol–water partition coefficient (Wildman–Crippen LogP) is 2.72. The molecule has 0 saturated carbocycles. The van der Waals surface area contributed by atoms with Crippen LogP contribution in [0.1, 0.15) is 30.7 Å². The summed E-state index contributed by atoms with van der Waals surface area (Å²) in [6, 6.07) is 3.53. The fraction of sp³-hybridized carbons (Fsp3) is 0.615. The molecule has 3 nitrogen and oxygen atoms in total. The molecular formula is C13H22N2OS. The van der Waals surface area contributed by atoms with Crippen LogP contribution in [0, 0.1) is 6.92 Å². The van der Waals surface area contributed by atoms with Gasteiger partial charge in [-0.25, -0.2) is 0 Å². The molecule has 0 radical (unpaired) electrons. The molecule has 1 heterocycles. The molecule has 0 spiro atoms. The molecule has 0 aliphatic carbocycles. The van der Waals surface area contributed by atoms with E-state index in [0.29, 0.717) is 6.54 Å². The van der Waals surface area contributed by atoms with Gasteiger partial charge in [0.25, 0.3) is 0 Å². The number of nitrogens with zero attached hydrogens (tertiary/aromatic N) is 1. The second-order valence-corrected chi connectivity index (χ2v) is 5.13. The van der Waals surface area contributed by atoms with Crippen molar-refractivity contribution in [2.45, 2.75) is 32.7 Å². The van der Waals surface area contributed by atoms with E-state index in [0.717, 1.165) is 17.9 Å². The van der Waals surface area contributed by atoms with Gasteiger partial charge in [0, 0.05) is 12.2 Å². The summed E-state index contributed by atoms with van der Waals surface area (Å²) in [6.07, 6.45) is 5.88. The Hall–Kier alpha value is -0.740. The number of nitrogens with one attached hydrogen (secondary N) is 1. The maximum atomic E-state index is 9.60. The summed E-state index contributed by atoms with van der Waals surface area (Å²) in [5, 5.41) is 12.9. The maximum Gasteiger partial charge on any atom is 0.138 e. The van der Waals surface area contributed by atoms with E-state index in [1.165, 1.54) is 25.0 Å². The Bertz CT molecular complexity index is 331. The van der Waals surface area contributed by atoms with Crippen LogP contribution in [0.5, 0.6) is 5.75 Å². The van der Waals surface area contributed by atoms with Crippen molar-refractivity contribution in [1.29, 1.82) is 0 Å². The summed E-state index contributed by atoms with van der Waals surface area (Å²) in [7, 11) is 0. The molecule has 0 fully saturated rings. The molecule has 1 aromatic rings. The van der Waals surface area contributed by atoms with Crippen LogP contribution >= 0.6 is 11.8 Å². The van der Waals surface area contributed by atoms with Gasteiger partial charge in [-0.15, -0.1) is 0 Å². The Morgan fingerprint density at radius 1 is 1.29 bits per heavy atom. The van der Waals surface area contributed by atoms with E-state index in [4.69, 9.17) is 0 Å². The number of rotatable bonds is 8. The van der Waals surface area contributed by atoms with Crippen molar-refractivity contribution in [3.8, 4) is 5.75 Å². The van der Waals surface area contributed by atoms with Gasteiger partial charge in [0.05, 0.1) is 5.69 Å². The van der Waals surface area contributed by atoms with E-state index in [2.05, 4.69) is 16.6 Å². The molecular weight excluding hydrogens is 232 g/mol. The van der Waals surface area contributed by atoms with Crippen LogP contribution in [-0.4, -0.2) is 28.6 Å². The molecule has 4 heteroatoms. The maximum absolute atomic E-state index is 9.60. The largest absolute Gasteiger partial charge is 0.506 e. The van der Waals surface area contributed by atoms with Crippen molar-refractivity contribution < 1.29 is 5.11 Å². The van der Waals surface area contributed by atoms with Crippen LogP contribution in [0.15, 0.2) is 12.1 Å². The van der Waals surface area contributed by atoms with Crippen LogP contribution in [0.4, 0.5) is 0 Å². The number of unbranched alkanes of at least 4 members (excludes halogenated alkanes) is 2. The van der Waals surface area contributed by atoms with Crippen molar-refractivity contribution >= 4 is 11.8 Å². The first-order valence-electron chi connectivity index (χ1n) is 6.09. The molecule has 1 rings (SSSR count). The third kappa shape index (κ3) is 5.94. The Morgan fingerprint density at radius 2 is 2.12 bits per heavy atom. The number of aromatic nitrogens is 1. The fourth-order valence-corrected chi connectivity index (χ4v) is 2.11. The van der Waals surface area contributed by atoms with Gasteiger partial charge in [0.15, 0.2) is 0 Å². The van der Waals surface area contributed by atoms with Crippen molar-refractivity contribution in [2.24, 2.45) is 0 Å². The SMILES string of the molecule is CSCCCCCNCc1nc(C)ccc1O. The molecule has 0 saturated heterocycles. The fourth-order valence-electron chi connectivity index (χ4n) is 1.61. The van der Waals surface area contributed by atoms with E-state index in [1.807, 2.05) is 24.8 Å². The molecule has 0 aliphatic heterocycles. The Balaban J connectivity index is 2.15. The van der Waals surface area contributed by atoms with Gasteiger partial charge < -0.3 is 10.4 Å². The van der Waals surface area contributed by atoms with Gasteiger partial charge in [-0.2, -0.15) is 11.8 Å². The number of aryl methyl sites for hydroxylation is 1. The summed E-state index contributed by atoms with van der Waals surface area (Å²) in [5.74, 6) is 1.53. The number of hydrogen-bond donors (Lipinski definition) is 2. The molecule has 17 heavy (non-hydrogen) atoms. The van der Waals surface area contributed by atoms with E-state index >= 15 is 0 Å². The van der Waals surface area contributed by atoms with Crippen LogP contribution in [0.25, 0.3) is 0 Å². The molecule has 0 atom stereocenters. The van der Waals surface area contributed by atoms with Crippen molar-refractivity contribution in [3.05, 3.63) is 23.5 Å². The minimum absolute atomic E-state index is 0.283. The highest BCUT2D eigenvalue weighted by Crippen LogP contribution is 2.14. The molecule has 0 bridgehead atoms. The number of pyridine rings is 1. The van der Waals surface area contributed by atoms with E-state index < -0.39 is 0 Å². The average molecular weight is 254 g/mol. The molecule has 96 valence electrons. The zero-order valence-corrected chi connectivity index (χ0v) is 11.5. The lowest BCUT2D eigenvalue weighted by molar-refractivity contribution is 0.458. The molecule has 1 aromatic heterocycles. The number of hydrogen-bond acceptors (Lipinski definition) is 4. The van der Waals surface area contributed by atoms with Crippen molar-refractivity contribution in [2.75, 3.05) is 18.6 Å². The highest BCUT2D eigenvalue weighted by molar-refractivity contribution is 7.98. The summed E-state index contributed by atoms with van der Waals surface area (Å²) in [4.78, 5) is 4.30. The second-order valence-electron chi connectivity index (χ2n) is 4.15. The van der Waals surface area contributed by atoms with E-state index in [1.54, 1.807) is 6.07 Å². The van der Waals surface area contributed by atoms with Gasteiger partial charge in [0.1, 0.15) is 5.75 Å². The van der Waals surface area contributed by atoms with Crippen LogP contribution in [-0.2, 0) is 6.54 Å². The lowest BCUT2D eigenvalue weighted by Gasteiger charge is -2.06. The summed E-state index contributed by atoms with van der Waals surface area (Å²) in [6.45, 7) is 3.57. The quantitative estimate of drug-likeness (QED) is 0.700. The first kappa shape index (κ1) is 14.3. The van der Waals surface area contributed by atoms with Crippen LogP contribution in [0.3, 0.4) is 0 Å². The van der Waals surface area contributed by atoms with Crippen LogP contribution in [0.2, 0.25) is 0 Å². The minimum atomic E-state index is 0.283. The molecule has 0 amide bonds. The van der Waals surface area contributed by atoms with Crippen LogP contribution < -0.4 is 5.32 Å². The third-order valence-electron chi connectivity index (χ3n) is 2.58. The average Bonchev–Trinajstić information content (AvgIpc) is 2.32. The predicted molar refractivity (Wildman–Crippen MR) is 74.6 cm³/mol. The van der Waals surface area contributed by atoms with Crippen molar-refractivity contribution in [1.82, 2.24) is 10.3 Å². The van der Waals surface area contributed by atoms with Gasteiger partial charge in [0.2, 0.25) is 0 Å². The third-order valence-corrected chi connectivity index (χ3v) is 3.28.